The number of aryl methyl sites for hydroxylation is 1. The maximum Gasteiger partial charge on any atom is 0.211 e. The quantitative estimate of drug-likeness (QED) is 0.774. The molecule has 1 N–H and O–H groups in total. The van der Waals surface area contributed by atoms with Crippen LogP contribution >= 0.6 is 15.9 Å². The lowest BCUT2D eigenvalue weighted by Crippen LogP contribution is -1.97. The molecule has 0 saturated carbocycles. The van der Waals surface area contributed by atoms with E-state index in [9.17, 15) is 4.79 Å². The van der Waals surface area contributed by atoms with Crippen molar-refractivity contribution in [2.45, 2.75) is 13.8 Å². The molecule has 0 spiro atoms. The lowest BCUT2D eigenvalue weighted by molar-refractivity contribution is -0.105. The Hall–Kier alpha value is -0.830. The summed E-state index contributed by atoms with van der Waals surface area (Å²) in [6.07, 6.45) is 0.689. The van der Waals surface area contributed by atoms with Crippen LogP contribution in [0.4, 0.5) is 5.69 Å². The number of hydrogen-bond acceptors (Lipinski definition) is 1. The van der Waals surface area contributed by atoms with Crippen LogP contribution in [0.1, 0.15) is 11.1 Å². The van der Waals surface area contributed by atoms with E-state index in [1.165, 1.54) is 0 Å². The van der Waals surface area contributed by atoms with Crippen LogP contribution in [0.2, 0.25) is 0 Å². The van der Waals surface area contributed by atoms with Gasteiger partial charge in [-0.25, -0.2) is 0 Å². The van der Waals surface area contributed by atoms with E-state index in [-0.39, 0.29) is 0 Å². The van der Waals surface area contributed by atoms with Gasteiger partial charge in [0.25, 0.3) is 0 Å². The molecule has 0 atom stereocenters. The zero-order valence-corrected chi connectivity index (χ0v) is 8.60. The number of rotatable bonds is 2. The van der Waals surface area contributed by atoms with E-state index in [0.717, 1.165) is 21.3 Å². The summed E-state index contributed by atoms with van der Waals surface area (Å²) in [5, 5.41) is 2.65. The molecule has 0 radical (unpaired) electrons. The van der Waals surface area contributed by atoms with Gasteiger partial charge in [-0.15, -0.1) is 0 Å². The molecule has 0 aromatic heterocycles. The monoisotopic (exact) mass is 227 g/mol. The second-order valence-electron chi connectivity index (χ2n) is 2.68. The van der Waals surface area contributed by atoms with Crippen molar-refractivity contribution in [3.05, 3.63) is 27.7 Å². The summed E-state index contributed by atoms with van der Waals surface area (Å²) < 4.78 is 1.02. The molecule has 0 saturated heterocycles. The van der Waals surface area contributed by atoms with Crippen molar-refractivity contribution in [3.8, 4) is 0 Å². The van der Waals surface area contributed by atoms with Crippen molar-refractivity contribution < 1.29 is 4.79 Å². The Kier molecular flexibility index (Phi) is 2.87. The van der Waals surface area contributed by atoms with Crippen LogP contribution in [-0.4, -0.2) is 6.41 Å². The van der Waals surface area contributed by atoms with Crippen LogP contribution in [0.5, 0.6) is 0 Å². The fourth-order valence-corrected chi connectivity index (χ4v) is 1.60. The molecule has 3 heteroatoms. The third-order valence-electron chi connectivity index (χ3n) is 1.70. The number of anilines is 1. The molecular weight excluding hydrogens is 218 g/mol. The second-order valence-corrected chi connectivity index (χ2v) is 3.54. The first kappa shape index (κ1) is 9.26. The molecule has 0 aliphatic carbocycles. The maximum absolute atomic E-state index is 10.2. The predicted octanol–water partition coefficient (Wildman–Crippen LogP) is 2.63. The Bertz CT molecular complexity index is 310. The molecule has 0 fully saturated rings. The van der Waals surface area contributed by atoms with Crippen molar-refractivity contribution in [2.75, 3.05) is 5.32 Å². The summed E-state index contributed by atoms with van der Waals surface area (Å²) in [7, 11) is 0. The highest BCUT2D eigenvalue weighted by molar-refractivity contribution is 9.10. The summed E-state index contributed by atoms with van der Waals surface area (Å²) in [5.41, 5.74) is 3.03. The summed E-state index contributed by atoms with van der Waals surface area (Å²) >= 11 is 3.41. The molecule has 1 rings (SSSR count). The number of carbonyl (C=O) groups is 1. The van der Waals surface area contributed by atoms with E-state index in [1.807, 2.05) is 26.0 Å². The van der Waals surface area contributed by atoms with E-state index >= 15 is 0 Å². The van der Waals surface area contributed by atoms with Crippen molar-refractivity contribution in [1.29, 1.82) is 0 Å². The molecule has 1 aromatic rings. The molecule has 0 unspecified atom stereocenters. The molecule has 0 heterocycles. The topological polar surface area (TPSA) is 29.1 Å². The van der Waals surface area contributed by atoms with Crippen LogP contribution in [-0.2, 0) is 4.79 Å². The maximum atomic E-state index is 10.2. The van der Waals surface area contributed by atoms with Crippen molar-refractivity contribution in [2.24, 2.45) is 0 Å². The Morgan fingerprint density at radius 1 is 1.42 bits per heavy atom. The largest absolute Gasteiger partial charge is 0.328 e. The number of hydrogen-bond donors (Lipinski definition) is 1. The Morgan fingerprint density at radius 3 is 2.67 bits per heavy atom. The smallest absolute Gasteiger partial charge is 0.211 e. The number of nitrogens with one attached hydrogen (secondary N) is 1. The summed E-state index contributed by atoms with van der Waals surface area (Å²) in [5.74, 6) is 0. The van der Waals surface area contributed by atoms with Crippen LogP contribution in [0.15, 0.2) is 16.6 Å². The van der Waals surface area contributed by atoms with Crippen molar-refractivity contribution in [1.82, 2.24) is 0 Å². The van der Waals surface area contributed by atoms with Crippen LogP contribution in [0.3, 0.4) is 0 Å². The van der Waals surface area contributed by atoms with Crippen LogP contribution in [0, 0.1) is 13.8 Å². The summed E-state index contributed by atoms with van der Waals surface area (Å²) in [6.45, 7) is 3.94. The number of benzene rings is 1. The van der Waals surface area contributed by atoms with Gasteiger partial charge in [-0.3, -0.25) is 4.79 Å². The summed E-state index contributed by atoms with van der Waals surface area (Å²) in [6, 6.07) is 3.96. The zero-order chi connectivity index (χ0) is 9.14. The highest BCUT2D eigenvalue weighted by Crippen LogP contribution is 2.25. The first-order chi connectivity index (χ1) is 5.65. The average molecular weight is 228 g/mol. The first-order valence-corrected chi connectivity index (χ1v) is 4.41. The molecule has 2 nitrogen and oxygen atoms in total. The molecule has 64 valence electrons. The van der Waals surface area contributed by atoms with Gasteiger partial charge in [-0.2, -0.15) is 0 Å². The first-order valence-electron chi connectivity index (χ1n) is 3.62. The lowest BCUT2D eigenvalue weighted by Gasteiger charge is -2.07. The van der Waals surface area contributed by atoms with Gasteiger partial charge in [0, 0.05) is 10.2 Å². The third kappa shape index (κ3) is 1.85. The Labute approximate surface area is 80.1 Å². The predicted molar refractivity (Wildman–Crippen MR) is 53.3 cm³/mol. The molecule has 0 aliphatic heterocycles. The normalized spacial score (nSPS) is 9.58. The third-order valence-corrected chi connectivity index (χ3v) is 2.53. The van der Waals surface area contributed by atoms with Gasteiger partial charge in [-0.05, 0) is 37.1 Å². The van der Waals surface area contributed by atoms with Crippen molar-refractivity contribution >= 4 is 28.0 Å². The van der Waals surface area contributed by atoms with Gasteiger partial charge in [0.1, 0.15) is 0 Å². The molecule has 12 heavy (non-hydrogen) atoms. The minimum Gasteiger partial charge on any atom is -0.328 e. The number of halogens is 1. The lowest BCUT2D eigenvalue weighted by atomic mass is 10.1. The summed E-state index contributed by atoms with van der Waals surface area (Å²) in [4.78, 5) is 10.2. The van der Waals surface area contributed by atoms with E-state index in [4.69, 9.17) is 0 Å². The van der Waals surface area contributed by atoms with Crippen molar-refractivity contribution in [3.63, 3.8) is 0 Å². The molecule has 1 aromatic carbocycles. The van der Waals surface area contributed by atoms with Gasteiger partial charge in [0.15, 0.2) is 0 Å². The van der Waals surface area contributed by atoms with Gasteiger partial charge < -0.3 is 5.32 Å². The van der Waals surface area contributed by atoms with E-state index < -0.39 is 0 Å². The SMILES string of the molecule is Cc1cc(Br)c(C)c(NC=O)c1. The van der Waals surface area contributed by atoms with Gasteiger partial charge in [0.2, 0.25) is 6.41 Å². The van der Waals surface area contributed by atoms with Crippen LogP contribution < -0.4 is 5.32 Å². The fraction of sp³-hybridized carbons (Fsp3) is 0.222. The van der Waals surface area contributed by atoms with E-state index in [0.29, 0.717) is 6.41 Å². The van der Waals surface area contributed by atoms with Gasteiger partial charge in [-0.1, -0.05) is 15.9 Å². The van der Waals surface area contributed by atoms with Crippen LogP contribution in [0.25, 0.3) is 0 Å². The Morgan fingerprint density at radius 2 is 2.08 bits per heavy atom. The number of carbonyl (C=O) groups excluding carboxylic acids is 1. The highest BCUT2D eigenvalue weighted by atomic mass is 79.9. The van der Waals surface area contributed by atoms with Gasteiger partial charge in [0.05, 0.1) is 0 Å². The fourth-order valence-electron chi connectivity index (χ4n) is 1.03. The highest BCUT2D eigenvalue weighted by Gasteiger charge is 2.01. The molecule has 1 amide bonds. The number of amides is 1. The molecule has 0 aliphatic rings. The Balaban J connectivity index is 3.17. The van der Waals surface area contributed by atoms with E-state index in [2.05, 4.69) is 21.2 Å². The minimum absolute atomic E-state index is 0.689. The minimum atomic E-state index is 0.689. The second kappa shape index (κ2) is 3.72. The average Bonchev–Trinajstić information content (AvgIpc) is 2.00. The molecule has 0 bridgehead atoms. The molecular formula is C9H10BrNO. The standard InChI is InChI=1S/C9H10BrNO/c1-6-3-8(10)7(2)9(4-6)11-5-12/h3-5H,1-2H3,(H,11,12). The zero-order valence-electron chi connectivity index (χ0n) is 7.02. The van der Waals surface area contributed by atoms with Gasteiger partial charge >= 0.3 is 0 Å². The van der Waals surface area contributed by atoms with E-state index in [1.54, 1.807) is 0 Å².